The van der Waals surface area contributed by atoms with Crippen LogP contribution in [0.1, 0.15) is 12.2 Å². The molecule has 0 saturated carbocycles. The molecular formula is C21H24Cl2OSiZr. The van der Waals surface area contributed by atoms with Crippen molar-refractivity contribution in [1.29, 1.82) is 0 Å². The number of furan rings is 1. The Hall–Kier alpha value is -0.730. The zero-order valence-corrected chi connectivity index (χ0v) is 20.4. The van der Waals surface area contributed by atoms with Crippen LogP contribution in [-0.2, 0) is 23.3 Å². The van der Waals surface area contributed by atoms with Crippen LogP contribution < -0.4 is 0 Å². The molecule has 0 bridgehead atoms. The van der Waals surface area contributed by atoms with E-state index in [0.717, 1.165) is 23.5 Å². The van der Waals surface area contributed by atoms with E-state index in [-0.39, 0.29) is 30.2 Å². The van der Waals surface area contributed by atoms with Crippen LogP contribution in [0.5, 0.6) is 0 Å². The maximum atomic E-state index is 5.60. The van der Waals surface area contributed by atoms with Gasteiger partial charge in [-0.25, -0.2) is 12.2 Å². The van der Waals surface area contributed by atoms with Crippen molar-refractivity contribution >= 4 is 41.0 Å². The first-order valence-electron chi connectivity index (χ1n) is 8.02. The minimum atomic E-state index is 0. The van der Waals surface area contributed by atoms with Gasteiger partial charge in [-0.3, -0.25) is 6.08 Å². The molecule has 0 fully saturated rings. The molecule has 1 aromatic heterocycles. The second-order valence-corrected chi connectivity index (χ2v) is 15.2. The van der Waals surface area contributed by atoms with E-state index >= 15 is 0 Å². The molecule has 0 atom stereocenters. The average Bonchev–Trinajstić information content (AvgIpc) is 3.28. The molecule has 0 spiro atoms. The Bertz CT molecular complexity index is 815. The van der Waals surface area contributed by atoms with Crippen LogP contribution >= 0.6 is 24.8 Å². The van der Waals surface area contributed by atoms with Gasteiger partial charge in [0.1, 0.15) is 0 Å². The summed E-state index contributed by atoms with van der Waals surface area (Å²) < 4.78 is 5.60. The first kappa shape index (κ1) is 25.3. The van der Waals surface area contributed by atoms with E-state index in [1.165, 1.54) is 10.8 Å². The van der Waals surface area contributed by atoms with Crippen molar-refractivity contribution in [2.45, 2.75) is 26.4 Å². The first-order chi connectivity index (χ1) is 11.6. The van der Waals surface area contributed by atoms with Crippen molar-refractivity contribution < 1.29 is 27.8 Å². The van der Waals surface area contributed by atoms with E-state index in [4.69, 9.17) is 4.42 Å². The Morgan fingerprint density at radius 3 is 2.27 bits per heavy atom. The summed E-state index contributed by atoms with van der Waals surface area (Å²) >= 11 is 1.74. The maximum absolute atomic E-state index is 5.60. The molecule has 4 rings (SSSR count). The Balaban J connectivity index is 0.000000480. The third kappa shape index (κ3) is 8.77. The topological polar surface area (TPSA) is 13.1 Å². The van der Waals surface area contributed by atoms with Gasteiger partial charge in [0.05, 0.1) is 11.5 Å². The molecule has 26 heavy (non-hydrogen) atoms. The van der Waals surface area contributed by atoms with E-state index in [2.05, 4.69) is 61.6 Å². The fourth-order valence-electron chi connectivity index (χ4n) is 2.22. The van der Waals surface area contributed by atoms with Crippen molar-refractivity contribution in [1.82, 2.24) is 0 Å². The monoisotopic (exact) mass is 480 g/mol. The molecule has 1 heterocycles. The second kappa shape index (κ2) is 13.4. The molecule has 1 nitrogen and oxygen atoms in total. The molecule has 2 aromatic carbocycles. The first-order valence-corrected chi connectivity index (χ1v) is 14.2. The Kier molecular flexibility index (Phi) is 13.1. The van der Waals surface area contributed by atoms with Crippen LogP contribution in [0.2, 0.25) is 13.1 Å². The molecule has 0 aliphatic heterocycles. The van der Waals surface area contributed by atoms with Crippen molar-refractivity contribution in [3.05, 3.63) is 78.6 Å². The van der Waals surface area contributed by atoms with E-state index in [1.807, 2.05) is 31.2 Å². The Morgan fingerprint density at radius 2 is 1.81 bits per heavy atom. The maximum Gasteiger partial charge on any atom is 0.0896 e. The number of hydrogen-bond acceptors (Lipinski definition) is 1. The van der Waals surface area contributed by atoms with Gasteiger partial charge >= 0.3 is 41.9 Å². The Labute approximate surface area is 184 Å². The van der Waals surface area contributed by atoms with Crippen molar-refractivity contribution in [3.8, 4) is 11.3 Å². The summed E-state index contributed by atoms with van der Waals surface area (Å²) in [7, 11) is 0. The molecule has 136 valence electrons. The van der Waals surface area contributed by atoms with Crippen LogP contribution in [-0.4, -0.2) is 5.43 Å². The zero-order chi connectivity index (χ0) is 17.4. The van der Waals surface area contributed by atoms with E-state index in [0.29, 0.717) is 0 Å². The van der Waals surface area contributed by atoms with Gasteiger partial charge in [0.15, 0.2) is 0 Å². The number of allylic oxidation sites excluding steroid dienone is 4. The zero-order valence-electron chi connectivity index (χ0n) is 15.3. The summed E-state index contributed by atoms with van der Waals surface area (Å²) in [4.78, 5) is 0. The SMILES string of the molecule is C[Si](C)=[Zr+2].Cc1ccc(-c2cc3ccccc3[cH-]2)o1.Cl.Cl.[C-]1=CC=CC1. The van der Waals surface area contributed by atoms with Gasteiger partial charge in [-0.15, -0.1) is 60.2 Å². The van der Waals surface area contributed by atoms with Gasteiger partial charge in [-0.2, -0.15) is 6.08 Å². The van der Waals surface area contributed by atoms with Crippen LogP contribution in [0.25, 0.3) is 22.1 Å². The van der Waals surface area contributed by atoms with Gasteiger partial charge in [0, 0.05) is 0 Å². The number of benzene rings is 1. The quantitative estimate of drug-likeness (QED) is 0.267. The molecule has 0 radical (unpaired) electrons. The predicted molar refractivity (Wildman–Crippen MR) is 116 cm³/mol. The van der Waals surface area contributed by atoms with Crippen LogP contribution in [0.3, 0.4) is 0 Å². The molecular weight excluding hydrogens is 458 g/mol. The second-order valence-electron chi connectivity index (χ2n) is 5.79. The summed E-state index contributed by atoms with van der Waals surface area (Å²) in [6, 6.07) is 16.7. The molecule has 1 aliphatic carbocycles. The largest absolute Gasteiger partial charge is 0.496 e. The number of rotatable bonds is 1. The minimum absolute atomic E-state index is 0. The van der Waals surface area contributed by atoms with Crippen LogP contribution in [0, 0.1) is 13.0 Å². The summed E-state index contributed by atoms with van der Waals surface area (Å²) in [5.41, 5.74) is 1.37. The van der Waals surface area contributed by atoms with Crippen LogP contribution in [0.15, 0.2) is 71.2 Å². The van der Waals surface area contributed by atoms with Crippen molar-refractivity contribution in [2.24, 2.45) is 0 Å². The Morgan fingerprint density at radius 1 is 1.12 bits per heavy atom. The summed E-state index contributed by atoms with van der Waals surface area (Å²) in [6.45, 7) is 6.58. The molecule has 0 amide bonds. The van der Waals surface area contributed by atoms with Gasteiger partial charge in [0.2, 0.25) is 0 Å². The average molecular weight is 483 g/mol. The number of hydrogen-bond donors (Lipinski definition) is 0. The summed E-state index contributed by atoms with van der Waals surface area (Å²) in [5, 5.41) is 2.53. The van der Waals surface area contributed by atoms with Gasteiger partial charge in [-0.05, 0) is 19.1 Å². The number of fused-ring (bicyclic) bond motifs is 1. The standard InChI is InChI=1S/C14H11O.C5H5.C2H6Si.2ClH.Zr/c1-10-6-7-14(15-10)13-8-11-4-2-3-5-12(11)9-13;1-2-4-5-3-1;1-3-2;;;/h2-9H,1H3;1-3H,4H2;1-2H3;2*1H;/q2*-1;;;;+2. The number of aryl methyl sites for hydroxylation is 1. The number of halogens is 2. The van der Waals surface area contributed by atoms with Crippen LogP contribution in [0.4, 0.5) is 0 Å². The van der Waals surface area contributed by atoms with E-state index < -0.39 is 0 Å². The summed E-state index contributed by atoms with van der Waals surface area (Å²) in [5.74, 6) is 1.90. The van der Waals surface area contributed by atoms with E-state index in [9.17, 15) is 0 Å². The van der Waals surface area contributed by atoms with E-state index in [1.54, 1.807) is 23.3 Å². The molecule has 0 unspecified atom stereocenters. The molecule has 0 N–H and O–H groups in total. The molecule has 0 saturated heterocycles. The van der Waals surface area contributed by atoms with Gasteiger partial charge in [-0.1, -0.05) is 23.8 Å². The fraction of sp³-hybridized carbons (Fsp3) is 0.190. The third-order valence-electron chi connectivity index (χ3n) is 3.23. The van der Waals surface area contributed by atoms with Crippen molar-refractivity contribution in [2.75, 3.05) is 0 Å². The smallest absolute Gasteiger partial charge is 0.0896 e. The molecule has 3 aromatic rings. The third-order valence-corrected chi connectivity index (χ3v) is 3.23. The normalized spacial score (nSPS) is 10.8. The summed E-state index contributed by atoms with van der Waals surface area (Å²) in [6.07, 6.45) is 10.0. The minimum Gasteiger partial charge on any atom is -0.496 e. The molecule has 1 aliphatic rings. The fourth-order valence-corrected chi connectivity index (χ4v) is 2.22. The predicted octanol–water partition coefficient (Wildman–Crippen LogP) is 7.06. The van der Waals surface area contributed by atoms with Gasteiger partial charge in [0.25, 0.3) is 0 Å². The van der Waals surface area contributed by atoms with Gasteiger partial charge < -0.3 is 4.42 Å². The van der Waals surface area contributed by atoms with Crippen molar-refractivity contribution in [3.63, 3.8) is 0 Å². The molecule has 5 heteroatoms.